The molecule has 8 nitrogen and oxygen atoms in total. The van der Waals surface area contributed by atoms with Crippen molar-refractivity contribution < 1.29 is 23.9 Å². The number of benzene rings is 3. The molecule has 3 aromatic rings. The van der Waals surface area contributed by atoms with E-state index < -0.39 is 10.9 Å². The Morgan fingerprint density at radius 1 is 1.08 bits per heavy atom. The Bertz CT molecular complexity index is 1410. The molecule has 0 spiro atoms. The highest BCUT2D eigenvalue weighted by Gasteiger charge is 2.26. The van der Waals surface area contributed by atoms with E-state index in [4.69, 9.17) is 14.2 Å². The minimum Gasteiger partial charge on any atom is -0.490 e. The topological polar surface area (TPSA) is 100 Å². The fourth-order valence-corrected chi connectivity index (χ4v) is 4.20. The molecule has 0 amide bonds. The van der Waals surface area contributed by atoms with E-state index in [-0.39, 0.29) is 17.3 Å². The Morgan fingerprint density at radius 2 is 1.86 bits per heavy atom. The third-order valence-corrected chi connectivity index (χ3v) is 6.13. The minimum atomic E-state index is -0.651. The summed E-state index contributed by atoms with van der Waals surface area (Å²) < 4.78 is 17.8. The van der Waals surface area contributed by atoms with Crippen LogP contribution in [0.15, 0.2) is 69.8 Å². The molecule has 3 aromatic carbocycles. The normalized spacial score (nSPS) is 13.9. The van der Waals surface area contributed by atoms with Crippen LogP contribution in [-0.2, 0) is 16.1 Å². The first-order valence-corrected chi connectivity index (χ1v) is 12.0. The Kier molecular flexibility index (Phi) is 7.49. The molecule has 1 aliphatic rings. The number of nitro benzene ring substituents is 1. The van der Waals surface area contributed by atoms with Crippen molar-refractivity contribution in [2.75, 3.05) is 6.61 Å². The quantitative estimate of drug-likeness (QED) is 0.141. The van der Waals surface area contributed by atoms with Crippen LogP contribution in [0.3, 0.4) is 0 Å². The monoisotopic (exact) mass is 550 g/mol. The first kappa shape index (κ1) is 25.1. The van der Waals surface area contributed by atoms with Crippen molar-refractivity contribution in [2.24, 2.45) is 4.99 Å². The van der Waals surface area contributed by atoms with Crippen LogP contribution in [0.5, 0.6) is 11.5 Å². The van der Waals surface area contributed by atoms with Crippen LogP contribution >= 0.6 is 15.9 Å². The summed E-state index contributed by atoms with van der Waals surface area (Å²) in [5.41, 5.74) is 3.67. The molecule has 0 N–H and O–H groups in total. The second kappa shape index (κ2) is 10.7. The number of carbonyl (C=O) groups is 1. The van der Waals surface area contributed by atoms with Crippen LogP contribution in [0.4, 0.5) is 5.69 Å². The average Bonchev–Trinajstić information content (AvgIpc) is 3.20. The molecule has 0 saturated carbocycles. The summed E-state index contributed by atoms with van der Waals surface area (Å²) in [6.45, 7) is 6.32. The van der Waals surface area contributed by atoms with Crippen molar-refractivity contribution in [1.29, 1.82) is 0 Å². The maximum absolute atomic E-state index is 12.5. The predicted octanol–water partition coefficient (Wildman–Crippen LogP) is 6.30. The highest BCUT2D eigenvalue weighted by atomic mass is 79.9. The van der Waals surface area contributed by atoms with E-state index in [2.05, 4.69) is 20.9 Å². The Morgan fingerprint density at radius 3 is 2.58 bits per heavy atom. The van der Waals surface area contributed by atoms with Gasteiger partial charge in [0.05, 0.1) is 16.0 Å². The molecule has 36 heavy (non-hydrogen) atoms. The molecule has 0 aliphatic carbocycles. The number of hydrogen-bond donors (Lipinski definition) is 0. The van der Waals surface area contributed by atoms with Crippen molar-refractivity contribution in [3.63, 3.8) is 0 Å². The number of carbonyl (C=O) groups excluding carboxylic acids is 1. The van der Waals surface area contributed by atoms with Crippen LogP contribution in [-0.4, -0.2) is 23.4 Å². The molecule has 184 valence electrons. The van der Waals surface area contributed by atoms with Crippen molar-refractivity contribution in [2.45, 2.75) is 27.4 Å². The van der Waals surface area contributed by atoms with Crippen LogP contribution < -0.4 is 9.47 Å². The van der Waals surface area contributed by atoms with Crippen molar-refractivity contribution in [3.05, 3.63) is 103 Å². The van der Waals surface area contributed by atoms with E-state index in [1.54, 1.807) is 37.3 Å². The van der Waals surface area contributed by atoms with Gasteiger partial charge in [0.1, 0.15) is 6.61 Å². The number of aliphatic imine (C=N–C) groups is 1. The van der Waals surface area contributed by atoms with Gasteiger partial charge in [0.15, 0.2) is 17.2 Å². The molecule has 0 atom stereocenters. The van der Waals surface area contributed by atoms with E-state index in [0.29, 0.717) is 45.9 Å². The first-order valence-electron chi connectivity index (χ1n) is 11.2. The number of hydrogen-bond acceptors (Lipinski definition) is 7. The van der Waals surface area contributed by atoms with Gasteiger partial charge < -0.3 is 14.2 Å². The fourth-order valence-electron chi connectivity index (χ4n) is 3.63. The van der Waals surface area contributed by atoms with E-state index in [0.717, 1.165) is 11.1 Å². The van der Waals surface area contributed by atoms with Gasteiger partial charge >= 0.3 is 5.97 Å². The predicted molar refractivity (Wildman–Crippen MR) is 139 cm³/mol. The van der Waals surface area contributed by atoms with Crippen molar-refractivity contribution in [3.8, 4) is 11.5 Å². The van der Waals surface area contributed by atoms with Crippen LogP contribution in [0, 0.1) is 24.0 Å². The lowest BCUT2D eigenvalue weighted by Gasteiger charge is -2.15. The zero-order valence-corrected chi connectivity index (χ0v) is 21.5. The molecule has 0 bridgehead atoms. The number of nitrogens with zero attached hydrogens (tertiary/aromatic N) is 2. The maximum atomic E-state index is 12.5. The van der Waals surface area contributed by atoms with Crippen LogP contribution in [0.1, 0.15) is 34.7 Å². The van der Waals surface area contributed by atoms with Gasteiger partial charge in [-0.3, -0.25) is 10.1 Å². The van der Waals surface area contributed by atoms with Gasteiger partial charge in [0, 0.05) is 17.2 Å². The summed E-state index contributed by atoms with van der Waals surface area (Å²) >= 11 is 3.55. The number of cyclic esters (lactones) is 1. The highest BCUT2D eigenvalue weighted by molar-refractivity contribution is 9.10. The Labute approximate surface area is 216 Å². The average molecular weight is 551 g/mol. The third kappa shape index (κ3) is 5.46. The number of rotatable bonds is 8. The van der Waals surface area contributed by atoms with Gasteiger partial charge in [-0.1, -0.05) is 30.3 Å². The SMILES string of the molecule is CCOc1cc(/C=C2\N=C(c3ccc(C)c([N+](=O)[O-])c3)OC2=O)cc(Br)c1OCc1ccccc1C. The zero-order chi connectivity index (χ0) is 25.8. The number of halogens is 1. The van der Waals surface area contributed by atoms with E-state index in [1.165, 1.54) is 6.07 Å². The van der Waals surface area contributed by atoms with Crippen LogP contribution in [0.25, 0.3) is 6.08 Å². The molecule has 0 aromatic heterocycles. The molecule has 1 heterocycles. The molecular weight excluding hydrogens is 528 g/mol. The van der Waals surface area contributed by atoms with Gasteiger partial charge in [-0.15, -0.1) is 0 Å². The molecule has 0 saturated heterocycles. The molecule has 1 aliphatic heterocycles. The minimum absolute atomic E-state index is 0.0108. The van der Waals surface area contributed by atoms with Crippen LogP contribution in [0.2, 0.25) is 0 Å². The number of esters is 1. The van der Waals surface area contributed by atoms with E-state index in [9.17, 15) is 14.9 Å². The Hall–Kier alpha value is -3.98. The summed E-state index contributed by atoms with van der Waals surface area (Å²) in [5, 5.41) is 11.3. The molecule has 9 heteroatoms. The Balaban J connectivity index is 1.63. The molecule has 0 fully saturated rings. The second-order valence-corrected chi connectivity index (χ2v) is 8.93. The lowest BCUT2D eigenvalue weighted by atomic mass is 10.1. The summed E-state index contributed by atoms with van der Waals surface area (Å²) in [6.07, 6.45) is 1.57. The lowest BCUT2D eigenvalue weighted by Crippen LogP contribution is -2.06. The number of nitro groups is 1. The zero-order valence-electron chi connectivity index (χ0n) is 19.9. The van der Waals surface area contributed by atoms with Crippen molar-refractivity contribution >= 4 is 39.6 Å². The summed E-state index contributed by atoms with van der Waals surface area (Å²) in [4.78, 5) is 27.6. The van der Waals surface area contributed by atoms with E-state index >= 15 is 0 Å². The van der Waals surface area contributed by atoms with Gasteiger partial charge in [-0.25, -0.2) is 9.79 Å². The molecule has 0 radical (unpaired) electrons. The van der Waals surface area contributed by atoms with Gasteiger partial charge in [0.25, 0.3) is 5.69 Å². The van der Waals surface area contributed by atoms with E-state index in [1.807, 2.05) is 38.1 Å². The summed E-state index contributed by atoms with van der Waals surface area (Å²) in [5.74, 6) is 0.420. The highest BCUT2D eigenvalue weighted by Crippen LogP contribution is 2.38. The molecular formula is C27H23BrN2O6. The summed E-state index contributed by atoms with van der Waals surface area (Å²) in [7, 11) is 0. The first-order chi connectivity index (χ1) is 17.3. The van der Waals surface area contributed by atoms with Crippen molar-refractivity contribution in [1.82, 2.24) is 0 Å². The van der Waals surface area contributed by atoms with Gasteiger partial charge in [-0.2, -0.15) is 0 Å². The maximum Gasteiger partial charge on any atom is 0.363 e. The second-order valence-electron chi connectivity index (χ2n) is 8.07. The number of aryl methyl sites for hydroxylation is 2. The summed E-state index contributed by atoms with van der Waals surface area (Å²) in [6, 6.07) is 16.1. The largest absolute Gasteiger partial charge is 0.490 e. The number of ether oxygens (including phenoxy) is 3. The molecule has 0 unspecified atom stereocenters. The fraction of sp³-hybridized carbons (Fsp3) is 0.185. The lowest BCUT2D eigenvalue weighted by molar-refractivity contribution is -0.385. The standard InChI is InChI=1S/C27H23BrN2O6/c1-4-34-24-13-18(11-21(28)25(24)35-15-20-8-6-5-7-16(20)2)12-22-27(31)36-26(29-22)19-10-9-17(3)23(14-19)30(32)33/h5-14H,4,15H2,1-3H3/b22-12-. The van der Waals surface area contributed by atoms with Gasteiger partial charge in [-0.05, 0) is 77.7 Å². The molecule has 4 rings (SSSR count). The van der Waals surface area contributed by atoms with Gasteiger partial charge in [0.2, 0.25) is 5.90 Å². The third-order valence-electron chi connectivity index (χ3n) is 5.54. The smallest absolute Gasteiger partial charge is 0.363 e.